The lowest BCUT2D eigenvalue weighted by atomic mass is 9.81. The van der Waals surface area contributed by atoms with E-state index >= 15 is 0 Å². The van der Waals surface area contributed by atoms with Crippen molar-refractivity contribution < 1.29 is 32.6 Å². The van der Waals surface area contributed by atoms with E-state index in [1.165, 1.54) is 35.7 Å². The number of carboxylic acid groups (broad SMARTS) is 1. The van der Waals surface area contributed by atoms with Gasteiger partial charge >= 0.3 is 11.9 Å². The Morgan fingerprint density at radius 1 is 1.02 bits per heavy atom. The highest BCUT2D eigenvalue weighted by molar-refractivity contribution is 7.89. The average molecular weight is 635 g/mol. The first-order chi connectivity index (χ1) is 21.4. The highest BCUT2D eigenvalue weighted by atomic mass is 32.2. The molecule has 0 radical (unpaired) electrons. The number of rotatable bonds is 14. The first kappa shape index (κ1) is 33.5. The number of carboxylic acids is 1. The van der Waals surface area contributed by atoms with Crippen LogP contribution in [0.3, 0.4) is 0 Å². The molecule has 4 aromatic rings. The van der Waals surface area contributed by atoms with E-state index in [1.54, 1.807) is 55.1 Å². The van der Waals surface area contributed by atoms with Crippen LogP contribution in [0, 0.1) is 12.3 Å². The molecule has 1 N–H and O–H groups in total. The maximum Gasteiger partial charge on any atom is 0.335 e. The van der Waals surface area contributed by atoms with E-state index < -0.39 is 33.5 Å². The Morgan fingerprint density at radius 2 is 1.76 bits per heavy atom. The molecule has 4 rings (SSSR count). The lowest BCUT2D eigenvalue weighted by Crippen LogP contribution is -2.34. The van der Waals surface area contributed by atoms with Crippen LogP contribution < -0.4 is 0 Å². The maximum atomic E-state index is 14.0. The van der Waals surface area contributed by atoms with Crippen LogP contribution in [0.4, 0.5) is 0 Å². The number of nitrogens with zero attached hydrogens (tertiary/aromatic N) is 4. The number of aromatic carboxylic acids is 1. The number of carbonyl (C=O) groups excluding carboxylic acids is 1. The van der Waals surface area contributed by atoms with E-state index in [1.807, 2.05) is 32.0 Å². The predicted octanol–water partition coefficient (Wildman–Crippen LogP) is 5.15. The van der Waals surface area contributed by atoms with Gasteiger partial charge in [0, 0.05) is 19.6 Å². The summed E-state index contributed by atoms with van der Waals surface area (Å²) < 4.78 is 42.4. The van der Waals surface area contributed by atoms with Gasteiger partial charge in [-0.3, -0.25) is 9.48 Å². The van der Waals surface area contributed by atoms with Crippen molar-refractivity contribution in [2.75, 3.05) is 7.11 Å². The topological polar surface area (TPSA) is 141 Å². The average Bonchev–Trinajstić information content (AvgIpc) is 3.50. The summed E-state index contributed by atoms with van der Waals surface area (Å²) >= 11 is 0. The van der Waals surface area contributed by atoms with Gasteiger partial charge in [-0.15, -0.1) is 5.10 Å². The Kier molecular flexibility index (Phi) is 10.5. The van der Waals surface area contributed by atoms with E-state index in [9.17, 15) is 23.1 Å². The minimum Gasteiger partial charge on any atom is -0.478 e. The molecule has 1 heterocycles. The van der Waals surface area contributed by atoms with Crippen LogP contribution in [0.2, 0.25) is 0 Å². The molecule has 11 nitrogen and oxygen atoms in total. The van der Waals surface area contributed by atoms with Crippen molar-refractivity contribution in [3.05, 3.63) is 113 Å². The predicted molar refractivity (Wildman–Crippen MR) is 166 cm³/mol. The number of methoxy groups -OCH3 is 1. The Hall–Kier alpha value is -4.39. The second kappa shape index (κ2) is 14.1. The summed E-state index contributed by atoms with van der Waals surface area (Å²) in [6, 6.07) is 19.9. The van der Waals surface area contributed by atoms with E-state index in [2.05, 4.69) is 10.3 Å². The van der Waals surface area contributed by atoms with Gasteiger partial charge in [0.05, 0.1) is 41.9 Å². The third-order valence-electron chi connectivity index (χ3n) is 7.61. The normalized spacial score (nSPS) is 12.7. The van der Waals surface area contributed by atoms with E-state index in [0.717, 1.165) is 5.56 Å². The van der Waals surface area contributed by atoms with Crippen LogP contribution >= 0.6 is 0 Å². The van der Waals surface area contributed by atoms with Crippen molar-refractivity contribution in [3.63, 3.8) is 0 Å². The van der Waals surface area contributed by atoms with Crippen molar-refractivity contribution in [1.29, 1.82) is 0 Å². The molecule has 0 spiro atoms. The van der Waals surface area contributed by atoms with Crippen LogP contribution in [0.15, 0.2) is 83.9 Å². The van der Waals surface area contributed by atoms with Gasteiger partial charge in [0.15, 0.2) is 0 Å². The third-order valence-corrected chi connectivity index (χ3v) is 9.42. The van der Waals surface area contributed by atoms with E-state index in [-0.39, 0.29) is 30.2 Å². The van der Waals surface area contributed by atoms with Gasteiger partial charge in [0.2, 0.25) is 10.0 Å². The molecular weight excluding hydrogens is 596 g/mol. The zero-order valence-electron chi connectivity index (χ0n) is 26.0. The fraction of sp³-hybridized carbons (Fsp3) is 0.333. The Bertz CT molecular complexity index is 1750. The molecule has 1 aromatic heterocycles. The van der Waals surface area contributed by atoms with Gasteiger partial charge in [-0.1, -0.05) is 53.7 Å². The van der Waals surface area contributed by atoms with Crippen LogP contribution in [-0.4, -0.2) is 51.9 Å². The Morgan fingerprint density at radius 3 is 2.40 bits per heavy atom. The number of esters is 1. The van der Waals surface area contributed by atoms with Crippen LogP contribution in [0.25, 0.3) is 0 Å². The summed E-state index contributed by atoms with van der Waals surface area (Å²) in [5, 5.41) is 17.7. The molecule has 0 saturated carbocycles. The van der Waals surface area contributed by atoms with E-state index in [4.69, 9.17) is 9.47 Å². The summed E-state index contributed by atoms with van der Waals surface area (Å²) in [5.74, 6) is -1.58. The van der Waals surface area contributed by atoms with Crippen LogP contribution in [-0.2, 0) is 50.5 Å². The SMILES string of the molecule is CCn1cc(CO[C@H](c2ccc(C)c(CN(Cc3cccc(C(=O)O)c3)S(=O)(=O)c3ccccc3)c2)C(C)(C)C(=O)OC)nn1. The number of hydrogen-bond acceptors (Lipinski definition) is 8. The number of ether oxygens (including phenoxy) is 2. The van der Waals surface area contributed by atoms with Crippen LogP contribution in [0.5, 0.6) is 0 Å². The quantitative estimate of drug-likeness (QED) is 0.186. The fourth-order valence-electron chi connectivity index (χ4n) is 5.01. The lowest BCUT2D eigenvalue weighted by molar-refractivity contribution is -0.162. The smallest absolute Gasteiger partial charge is 0.335 e. The van der Waals surface area contributed by atoms with Gasteiger partial charge in [-0.25, -0.2) is 13.2 Å². The third kappa shape index (κ3) is 7.83. The molecule has 12 heteroatoms. The van der Waals surface area contributed by atoms with Gasteiger partial charge < -0.3 is 14.6 Å². The molecule has 0 aliphatic rings. The maximum absolute atomic E-state index is 14.0. The first-order valence-electron chi connectivity index (χ1n) is 14.4. The van der Waals surface area contributed by atoms with Gasteiger partial charge in [0.1, 0.15) is 5.69 Å². The standard InChI is InChI=1S/C33H38N4O7S/c1-6-36-21-28(34-35-36)22-44-30(33(3,4)32(40)43-5)25-16-15-23(2)27(18-25)20-37(45(41,42)29-13-8-7-9-14-29)19-24-11-10-12-26(17-24)31(38)39/h7-18,21,30H,6,19-20,22H2,1-5H3,(H,38,39)/t30-/m1/s1. The second-order valence-electron chi connectivity index (χ2n) is 11.2. The van der Waals surface area contributed by atoms with Crippen molar-refractivity contribution in [3.8, 4) is 0 Å². The Labute approximate surface area is 263 Å². The fourth-order valence-corrected chi connectivity index (χ4v) is 6.44. The number of hydrogen-bond donors (Lipinski definition) is 1. The molecule has 0 saturated heterocycles. The molecule has 0 aliphatic carbocycles. The minimum absolute atomic E-state index is 0.0234. The van der Waals surface area contributed by atoms with Gasteiger partial charge in [0.25, 0.3) is 0 Å². The number of aryl methyl sites for hydroxylation is 2. The highest BCUT2D eigenvalue weighted by Crippen LogP contribution is 2.39. The summed E-state index contributed by atoms with van der Waals surface area (Å²) in [6.45, 7) is 7.92. The summed E-state index contributed by atoms with van der Waals surface area (Å²) in [7, 11) is -2.69. The molecule has 0 aliphatic heterocycles. The van der Waals surface area contributed by atoms with Crippen molar-refractivity contribution in [2.45, 2.75) is 64.9 Å². The molecule has 0 fully saturated rings. The second-order valence-corrected chi connectivity index (χ2v) is 13.2. The number of sulfonamides is 1. The number of aromatic nitrogens is 3. The minimum atomic E-state index is -4.01. The zero-order chi connectivity index (χ0) is 32.8. The monoisotopic (exact) mass is 634 g/mol. The van der Waals surface area contributed by atoms with Crippen molar-refractivity contribution in [2.24, 2.45) is 5.41 Å². The molecule has 45 heavy (non-hydrogen) atoms. The summed E-state index contributed by atoms with van der Waals surface area (Å²) in [4.78, 5) is 24.7. The molecule has 0 amide bonds. The van der Waals surface area contributed by atoms with Gasteiger partial charge in [-0.2, -0.15) is 4.31 Å². The molecule has 238 valence electrons. The summed E-state index contributed by atoms with van der Waals surface area (Å²) in [5.41, 5.74) is 2.23. The van der Waals surface area contributed by atoms with Gasteiger partial charge in [-0.05, 0) is 74.2 Å². The number of carbonyl (C=O) groups is 2. The highest BCUT2D eigenvalue weighted by Gasteiger charge is 2.40. The van der Waals surface area contributed by atoms with E-state index in [0.29, 0.717) is 28.9 Å². The molecule has 0 unspecified atom stereocenters. The van der Waals surface area contributed by atoms with Crippen molar-refractivity contribution in [1.82, 2.24) is 19.3 Å². The molecule has 1 atom stereocenters. The molecule has 3 aromatic carbocycles. The van der Waals surface area contributed by atoms with Crippen molar-refractivity contribution >= 4 is 22.0 Å². The largest absolute Gasteiger partial charge is 0.478 e. The number of benzene rings is 3. The Balaban J connectivity index is 1.74. The summed E-state index contributed by atoms with van der Waals surface area (Å²) in [6.07, 6.45) is 0.997. The molecule has 0 bridgehead atoms. The zero-order valence-corrected chi connectivity index (χ0v) is 26.8. The first-order valence-corrected chi connectivity index (χ1v) is 15.9. The van der Waals surface area contributed by atoms with Crippen LogP contribution in [0.1, 0.15) is 65.2 Å². The lowest BCUT2D eigenvalue weighted by Gasteiger charge is -2.32. The molecular formula is C33H38N4O7S.